The molecule has 0 aromatic carbocycles. The first-order valence-corrected chi connectivity index (χ1v) is 6.49. The van der Waals surface area contributed by atoms with Crippen LogP contribution in [0.25, 0.3) is 0 Å². The monoisotopic (exact) mass is 242 g/mol. The summed E-state index contributed by atoms with van der Waals surface area (Å²) in [6.45, 7) is 8.35. The van der Waals surface area contributed by atoms with Crippen molar-refractivity contribution in [2.24, 2.45) is 10.8 Å². The number of hydrogen-bond donors (Lipinski definition) is 0. The molecule has 1 nitrogen and oxygen atoms in total. The number of ketones is 1. The van der Waals surface area contributed by atoms with E-state index in [0.717, 1.165) is 30.7 Å². The highest BCUT2D eigenvalue weighted by molar-refractivity contribution is 6.29. The van der Waals surface area contributed by atoms with E-state index in [1.807, 2.05) is 13.0 Å². The van der Waals surface area contributed by atoms with Crippen LogP contribution in [0.15, 0.2) is 11.1 Å². The molecule has 1 saturated carbocycles. The third-order valence-electron chi connectivity index (χ3n) is 3.73. The van der Waals surface area contributed by atoms with E-state index in [-0.39, 0.29) is 10.8 Å². The molecule has 0 aliphatic heterocycles. The van der Waals surface area contributed by atoms with E-state index in [9.17, 15) is 4.79 Å². The molecule has 1 rings (SSSR count). The molecule has 0 heterocycles. The van der Waals surface area contributed by atoms with Crippen LogP contribution in [0.4, 0.5) is 0 Å². The molecule has 0 unspecified atom stereocenters. The smallest absolute Gasteiger partial charge is 0.139 e. The average Bonchev–Trinajstić information content (AvgIpc) is 2.22. The summed E-state index contributed by atoms with van der Waals surface area (Å²) >= 11 is 5.85. The summed E-state index contributed by atoms with van der Waals surface area (Å²) in [5, 5.41) is 0.789. The second-order valence-electron chi connectivity index (χ2n) is 6.17. The molecule has 0 radical (unpaired) electrons. The summed E-state index contributed by atoms with van der Waals surface area (Å²) in [6.07, 6.45) is 6.77. The Balaban J connectivity index is 2.80. The molecule has 0 aromatic heterocycles. The highest BCUT2D eigenvalue weighted by Gasteiger charge is 2.38. The van der Waals surface area contributed by atoms with E-state index in [0.29, 0.717) is 12.2 Å². The lowest BCUT2D eigenvalue weighted by atomic mass is 9.76. The zero-order valence-corrected chi connectivity index (χ0v) is 11.7. The molecule has 0 aromatic rings. The minimum atomic E-state index is -0.191. The fourth-order valence-corrected chi connectivity index (χ4v) is 2.49. The average molecular weight is 243 g/mol. The van der Waals surface area contributed by atoms with Gasteiger partial charge in [-0.25, -0.2) is 0 Å². The van der Waals surface area contributed by atoms with Crippen molar-refractivity contribution in [3.05, 3.63) is 11.1 Å². The Morgan fingerprint density at radius 1 is 1.38 bits per heavy atom. The zero-order valence-electron chi connectivity index (χ0n) is 10.9. The third kappa shape index (κ3) is 3.62. The number of allylic oxidation sites excluding steroid dienone is 2. The maximum absolute atomic E-state index is 12.3. The van der Waals surface area contributed by atoms with Crippen molar-refractivity contribution in [3.63, 3.8) is 0 Å². The van der Waals surface area contributed by atoms with Crippen molar-refractivity contribution in [2.75, 3.05) is 0 Å². The molecule has 0 spiro atoms. The van der Waals surface area contributed by atoms with Gasteiger partial charge in [0.25, 0.3) is 0 Å². The largest absolute Gasteiger partial charge is 0.299 e. The minimum absolute atomic E-state index is 0.175. The predicted molar refractivity (Wildman–Crippen MR) is 69.6 cm³/mol. The summed E-state index contributed by atoms with van der Waals surface area (Å²) in [5.74, 6) is 0.407. The Morgan fingerprint density at radius 2 is 2.00 bits per heavy atom. The van der Waals surface area contributed by atoms with Gasteiger partial charge in [0.05, 0.1) is 0 Å². The second-order valence-corrected chi connectivity index (χ2v) is 6.77. The van der Waals surface area contributed by atoms with Gasteiger partial charge in [0.2, 0.25) is 0 Å². The Morgan fingerprint density at radius 3 is 2.56 bits per heavy atom. The molecule has 0 saturated heterocycles. The van der Waals surface area contributed by atoms with Gasteiger partial charge in [-0.05, 0) is 31.6 Å². The van der Waals surface area contributed by atoms with Crippen LogP contribution < -0.4 is 0 Å². The van der Waals surface area contributed by atoms with Gasteiger partial charge in [0, 0.05) is 16.9 Å². The summed E-state index contributed by atoms with van der Waals surface area (Å²) in [4.78, 5) is 12.3. The van der Waals surface area contributed by atoms with Crippen LogP contribution in [0.3, 0.4) is 0 Å². The summed E-state index contributed by atoms with van der Waals surface area (Å²) < 4.78 is 0. The van der Waals surface area contributed by atoms with Crippen LogP contribution >= 0.6 is 11.6 Å². The van der Waals surface area contributed by atoms with Gasteiger partial charge in [0.1, 0.15) is 5.78 Å². The van der Waals surface area contributed by atoms with Crippen LogP contribution in [0.1, 0.15) is 59.8 Å². The van der Waals surface area contributed by atoms with Crippen LogP contribution in [-0.2, 0) is 4.79 Å². The lowest BCUT2D eigenvalue weighted by molar-refractivity contribution is -0.129. The molecular formula is C14H23ClO. The first-order valence-electron chi connectivity index (χ1n) is 6.11. The maximum Gasteiger partial charge on any atom is 0.139 e. The predicted octanol–water partition coefficient (Wildman–Crippen LogP) is 4.69. The number of hydrogen-bond acceptors (Lipinski definition) is 1. The molecule has 16 heavy (non-hydrogen) atoms. The van der Waals surface area contributed by atoms with E-state index >= 15 is 0 Å². The Hall–Kier alpha value is -0.300. The lowest BCUT2D eigenvalue weighted by Crippen LogP contribution is -2.28. The van der Waals surface area contributed by atoms with E-state index < -0.39 is 0 Å². The van der Waals surface area contributed by atoms with E-state index in [1.165, 1.54) is 0 Å². The standard InChI is InChI=1S/C14H23ClO/c1-11(15)6-9-14(4)8-5-7-13(2,3)10-12(14)16/h6H,5,7-10H2,1-4H3/b11-6+/t14-/m0/s1. The van der Waals surface area contributed by atoms with Gasteiger partial charge in [-0.15, -0.1) is 0 Å². The fraction of sp³-hybridized carbons (Fsp3) is 0.786. The third-order valence-corrected chi connectivity index (χ3v) is 3.88. The molecule has 1 fully saturated rings. The Bertz CT molecular complexity index is 300. The molecule has 1 aliphatic rings. The van der Waals surface area contributed by atoms with Crippen molar-refractivity contribution in [1.82, 2.24) is 0 Å². The second kappa shape index (κ2) is 4.91. The zero-order chi connectivity index (χ0) is 12.4. The van der Waals surface area contributed by atoms with Gasteiger partial charge >= 0.3 is 0 Å². The van der Waals surface area contributed by atoms with Crippen molar-refractivity contribution in [3.8, 4) is 0 Å². The first-order chi connectivity index (χ1) is 7.25. The van der Waals surface area contributed by atoms with Gasteiger partial charge in [-0.2, -0.15) is 0 Å². The van der Waals surface area contributed by atoms with Crippen molar-refractivity contribution in [1.29, 1.82) is 0 Å². The lowest BCUT2D eigenvalue weighted by Gasteiger charge is -2.26. The summed E-state index contributed by atoms with van der Waals surface area (Å²) in [7, 11) is 0. The van der Waals surface area contributed by atoms with Gasteiger partial charge in [-0.1, -0.05) is 44.9 Å². The molecular weight excluding hydrogens is 220 g/mol. The topological polar surface area (TPSA) is 17.1 Å². The number of Topliss-reactive ketones (excluding diaryl/α,β-unsaturated/α-hetero) is 1. The van der Waals surface area contributed by atoms with E-state index in [1.54, 1.807) is 0 Å². The van der Waals surface area contributed by atoms with Crippen LogP contribution in [0.5, 0.6) is 0 Å². The van der Waals surface area contributed by atoms with Crippen LogP contribution in [0, 0.1) is 10.8 Å². The maximum atomic E-state index is 12.3. The Labute approximate surface area is 104 Å². The van der Waals surface area contributed by atoms with Crippen LogP contribution in [0.2, 0.25) is 0 Å². The van der Waals surface area contributed by atoms with Gasteiger partial charge in [0.15, 0.2) is 0 Å². The molecule has 92 valence electrons. The highest BCUT2D eigenvalue weighted by Crippen LogP contribution is 2.42. The number of rotatable bonds is 2. The molecule has 2 heteroatoms. The van der Waals surface area contributed by atoms with Gasteiger partial charge in [-0.3, -0.25) is 4.79 Å². The normalized spacial score (nSPS) is 31.3. The number of carbonyl (C=O) groups is 1. The Kier molecular flexibility index (Phi) is 4.23. The van der Waals surface area contributed by atoms with Crippen molar-refractivity contribution < 1.29 is 4.79 Å². The number of halogens is 1. The SMILES string of the molecule is C/C(Cl)=C\C[C@]1(C)CCCC(C)(C)CC1=O. The first kappa shape index (κ1) is 13.8. The van der Waals surface area contributed by atoms with Gasteiger partial charge < -0.3 is 0 Å². The van der Waals surface area contributed by atoms with E-state index in [4.69, 9.17) is 11.6 Å². The summed E-state index contributed by atoms with van der Waals surface area (Å²) in [6, 6.07) is 0. The molecule has 0 N–H and O–H groups in total. The number of carbonyl (C=O) groups excluding carboxylic acids is 1. The van der Waals surface area contributed by atoms with Crippen molar-refractivity contribution in [2.45, 2.75) is 59.8 Å². The molecule has 1 aliphatic carbocycles. The molecule has 0 amide bonds. The fourth-order valence-electron chi connectivity index (χ4n) is 2.41. The van der Waals surface area contributed by atoms with E-state index in [2.05, 4.69) is 20.8 Å². The molecule has 1 atom stereocenters. The van der Waals surface area contributed by atoms with Crippen LogP contribution in [-0.4, -0.2) is 5.78 Å². The minimum Gasteiger partial charge on any atom is -0.299 e. The van der Waals surface area contributed by atoms with Crippen molar-refractivity contribution >= 4 is 17.4 Å². The quantitative estimate of drug-likeness (QED) is 0.642. The summed E-state index contributed by atoms with van der Waals surface area (Å²) in [5.41, 5.74) is -0.0154. The molecule has 0 bridgehead atoms. The highest BCUT2D eigenvalue weighted by atomic mass is 35.5.